The molecule has 0 fully saturated rings. The molecule has 0 aliphatic rings. The fraction of sp³-hybridized carbons (Fsp3) is 0.136. The van der Waals surface area contributed by atoms with Crippen molar-refractivity contribution in [2.24, 2.45) is 0 Å². The number of aromatic nitrogens is 3. The Balaban J connectivity index is 1.77. The molecule has 5 nitrogen and oxygen atoms in total. The molecule has 1 amide bonds. The number of halogens is 1. The highest BCUT2D eigenvalue weighted by Gasteiger charge is 2.15. The summed E-state index contributed by atoms with van der Waals surface area (Å²) in [6.07, 6.45) is 0. The number of aryl methyl sites for hydroxylation is 3. The zero-order valence-electron chi connectivity index (χ0n) is 15.8. The van der Waals surface area contributed by atoms with Crippen LogP contribution < -0.4 is 5.32 Å². The molecule has 0 aliphatic heterocycles. The van der Waals surface area contributed by atoms with Crippen molar-refractivity contribution in [1.29, 1.82) is 0 Å². The van der Waals surface area contributed by atoms with Crippen molar-refractivity contribution < 1.29 is 9.18 Å². The number of nitrogens with zero attached hydrogens (tertiary/aromatic N) is 3. The van der Waals surface area contributed by atoms with E-state index in [1.54, 1.807) is 16.8 Å². The molecule has 0 unspecified atom stereocenters. The Hall–Kier alpha value is -3.54. The van der Waals surface area contributed by atoms with Crippen LogP contribution in [0.3, 0.4) is 0 Å². The first-order valence-corrected chi connectivity index (χ1v) is 8.93. The number of carbonyl (C=O) groups is 1. The summed E-state index contributed by atoms with van der Waals surface area (Å²) in [5, 5.41) is 8.38. The lowest BCUT2D eigenvalue weighted by Crippen LogP contribution is -2.16. The number of hydrogen-bond donors (Lipinski definition) is 1. The van der Waals surface area contributed by atoms with Gasteiger partial charge < -0.3 is 5.32 Å². The van der Waals surface area contributed by atoms with Crippen molar-refractivity contribution >= 4 is 22.6 Å². The van der Waals surface area contributed by atoms with E-state index in [2.05, 4.69) is 10.4 Å². The minimum absolute atomic E-state index is 0.240. The van der Waals surface area contributed by atoms with Crippen LogP contribution in [-0.2, 0) is 0 Å². The minimum atomic E-state index is -0.459. The van der Waals surface area contributed by atoms with Crippen LogP contribution in [0.4, 0.5) is 10.2 Å². The summed E-state index contributed by atoms with van der Waals surface area (Å²) >= 11 is 0. The minimum Gasteiger partial charge on any atom is -0.306 e. The molecular weight excluding hydrogens is 355 g/mol. The Morgan fingerprint density at radius 1 is 1.00 bits per heavy atom. The number of nitrogens with one attached hydrogen (secondary N) is 1. The zero-order chi connectivity index (χ0) is 19.8. The third-order valence-electron chi connectivity index (χ3n) is 4.61. The summed E-state index contributed by atoms with van der Waals surface area (Å²) in [6, 6.07) is 15.3. The second kappa shape index (κ2) is 6.88. The molecule has 0 radical (unpaired) electrons. The summed E-state index contributed by atoms with van der Waals surface area (Å²) in [5.41, 5.74) is 4.01. The first kappa shape index (κ1) is 17.9. The van der Waals surface area contributed by atoms with Gasteiger partial charge in [0.25, 0.3) is 5.91 Å². The van der Waals surface area contributed by atoms with Crippen molar-refractivity contribution in [2.75, 3.05) is 5.32 Å². The SMILES string of the molecule is Cc1cc(NC(=O)c2cccc(F)c2)n(-c2cc(C)c3cccc(C)c3n2)n1. The number of rotatable bonds is 3. The predicted octanol–water partition coefficient (Wildman–Crippen LogP) is 4.74. The zero-order valence-corrected chi connectivity index (χ0v) is 15.8. The van der Waals surface area contributed by atoms with Gasteiger partial charge in [-0.05, 0) is 56.2 Å². The topological polar surface area (TPSA) is 59.8 Å². The highest BCUT2D eigenvalue weighted by molar-refractivity contribution is 6.04. The lowest BCUT2D eigenvalue weighted by atomic mass is 10.1. The number of pyridine rings is 1. The third-order valence-corrected chi connectivity index (χ3v) is 4.61. The Morgan fingerprint density at radius 3 is 2.57 bits per heavy atom. The molecule has 0 spiro atoms. The van der Waals surface area contributed by atoms with Gasteiger partial charge in [-0.1, -0.05) is 24.3 Å². The Morgan fingerprint density at radius 2 is 1.79 bits per heavy atom. The summed E-state index contributed by atoms with van der Waals surface area (Å²) in [6.45, 7) is 5.88. The van der Waals surface area contributed by atoms with E-state index in [-0.39, 0.29) is 5.56 Å². The maximum atomic E-state index is 13.4. The van der Waals surface area contributed by atoms with E-state index in [1.807, 2.05) is 45.0 Å². The van der Waals surface area contributed by atoms with Crippen molar-refractivity contribution in [1.82, 2.24) is 14.8 Å². The summed E-state index contributed by atoms with van der Waals surface area (Å²) in [7, 11) is 0. The summed E-state index contributed by atoms with van der Waals surface area (Å²) in [4.78, 5) is 17.3. The van der Waals surface area contributed by atoms with Crippen molar-refractivity contribution in [3.05, 3.63) is 82.8 Å². The van der Waals surface area contributed by atoms with Crippen LogP contribution in [0.15, 0.2) is 54.6 Å². The molecule has 0 atom stereocenters. The van der Waals surface area contributed by atoms with E-state index in [9.17, 15) is 9.18 Å². The van der Waals surface area contributed by atoms with E-state index in [0.29, 0.717) is 11.6 Å². The average Bonchev–Trinajstić information content (AvgIpc) is 3.02. The lowest BCUT2D eigenvalue weighted by Gasteiger charge is -2.12. The van der Waals surface area contributed by atoms with E-state index in [0.717, 1.165) is 27.7 Å². The van der Waals surface area contributed by atoms with Crippen LogP contribution in [0.1, 0.15) is 27.2 Å². The fourth-order valence-electron chi connectivity index (χ4n) is 3.23. The number of fused-ring (bicyclic) bond motifs is 1. The summed E-state index contributed by atoms with van der Waals surface area (Å²) < 4.78 is 15.0. The molecule has 6 heteroatoms. The molecule has 0 saturated carbocycles. The number of hydrogen-bond acceptors (Lipinski definition) is 3. The Kier molecular flexibility index (Phi) is 4.39. The maximum Gasteiger partial charge on any atom is 0.256 e. The quantitative estimate of drug-likeness (QED) is 0.564. The average molecular weight is 374 g/mol. The number of carbonyl (C=O) groups excluding carboxylic acids is 1. The molecule has 140 valence electrons. The van der Waals surface area contributed by atoms with Crippen molar-refractivity contribution in [2.45, 2.75) is 20.8 Å². The predicted molar refractivity (Wildman–Crippen MR) is 107 cm³/mol. The number of amides is 1. The molecule has 4 rings (SSSR count). The second-order valence-electron chi connectivity index (χ2n) is 6.82. The van der Waals surface area contributed by atoms with E-state index in [1.165, 1.54) is 18.2 Å². The Bertz CT molecular complexity index is 1210. The van der Waals surface area contributed by atoms with Gasteiger partial charge in [-0.15, -0.1) is 0 Å². The van der Waals surface area contributed by atoms with Gasteiger partial charge in [-0.2, -0.15) is 9.78 Å². The maximum absolute atomic E-state index is 13.4. The van der Waals surface area contributed by atoms with E-state index in [4.69, 9.17) is 4.98 Å². The smallest absolute Gasteiger partial charge is 0.256 e. The lowest BCUT2D eigenvalue weighted by molar-refractivity contribution is 0.102. The normalized spacial score (nSPS) is 11.0. The highest BCUT2D eigenvalue weighted by atomic mass is 19.1. The van der Waals surface area contributed by atoms with Gasteiger partial charge in [-0.3, -0.25) is 4.79 Å². The monoisotopic (exact) mass is 374 g/mol. The van der Waals surface area contributed by atoms with Gasteiger partial charge in [0.2, 0.25) is 0 Å². The van der Waals surface area contributed by atoms with Gasteiger partial charge in [0.1, 0.15) is 11.6 Å². The highest BCUT2D eigenvalue weighted by Crippen LogP contribution is 2.24. The van der Waals surface area contributed by atoms with Gasteiger partial charge in [0.05, 0.1) is 11.2 Å². The number of benzene rings is 2. The number of anilines is 1. The first-order chi connectivity index (χ1) is 13.4. The van der Waals surface area contributed by atoms with Crippen LogP contribution in [-0.4, -0.2) is 20.7 Å². The Labute approximate surface area is 161 Å². The van der Waals surface area contributed by atoms with Gasteiger partial charge in [0.15, 0.2) is 5.82 Å². The molecule has 1 N–H and O–H groups in total. The van der Waals surface area contributed by atoms with Gasteiger partial charge in [-0.25, -0.2) is 9.37 Å². The van der Waals surface area contributed by atoms with Crippen LogP contribution in [0.25, 0.3) is 16.7 Å². The number of para-hydroxylation sites is 1. The van der Waals surface area contributed by atoms with Crippen LogP contribution in [0.5, 0.6) is 0 Å². The van der Waals surface area contributed by atoms with E-state index < -0.39 is 11.7 Å². The molecule has 0 bridgehead atoms. The van der Waals surface area contributed by atoms with Crippen LogP contribution >= 0.6 is 0 Å². The molecule has 0 aliphatic carbocycles. The third kappa shape index (κ3) is 3.24. The fourth-order valence-corrected chi connectivity index (χ4v) is 3.23. The van der Waals surface area contributed by atoms with Crippen molar-refractivity contribution in [3.63, 3.8) is 0 Å². The van der Waals surface area contributed by atoms with Crippen LogP contribution in [0.2, 0.25) is 0 Å². The van der Waals surface area contributed by atoms with E-state index >= 15 is 0 Å². The van der Waals surface area contributed by atoms with Gasteiger partial charge in [0, 0.05) is 17.0 Å². The second-order valence-corrected chi connectivity index (χ2v) is 6.82. The van der Waals surface area contributed by atoms with Gasteiger partial charge >= 0.3 is 0 Å². The summed E-state index contributed by atoms with van der Waals surface area (Å²) in [5.74, 6) is 0.225. The molecule has 4 aromatic rings. The molecule has 28 heavy (non-hydrogen) atoms. The molecule has 2 aromatic carbocycles. The molecular formula is C22H19FN4O. The molecule has 0 saturated heterocycles. The van der Waals surface area contributed by atoms with Crippen molar-refractivity contribution in [3.8, 4) is 5.82 Å². The van der Waals surface area contributed by atoms with Crippen LogP contribution in [0, 0.1) is 26.6 Å². The first-order valence-electron chi connectivity index (χ1n) is 8.93. The largest absolute Gasteiger partial charge is 0.306 e. The standard InChI is InChI=1S/C22H19FN4O/c1-13-6-4-9-18-14(2)10-19(24-21(13)18)27-20(11-15(3)26-27)25-22(28)16-7-5-8-17(23)12-16/h4-12H,1-3H3,(H,25,28). The molecule has 2 aromatic heterocycles. The molecule has 2 heterocycles.